The molecule has 0 atom stereocenters. The van der Waals surface area contributed by atoms with Crippen LogP contribution in [0.15, 0.2) is 46.3 Å². The summed E-state index contributed by atoms with van der Waals surface area (Å²) in [5, 5.41) is 40.0. The lowest BCUT2D eigenvalue weighted by Gasteiger charge is -2.31. The number of rotatable bonds is 7. The van der Waals surface area contributed by atoms with Crippen LogP contribution < -0.4 is 0 Å². The van der Waals surface area contributed by atoms with Crippen LogP contribution in [0.4, 0.5) is 11.4 Å². The van der Waals surface area contributed by atoms with Crippen LogP contribution in [-0.2, 0) is 11.2 Å². The predicted octanol–water partition coefficient (Wildman–Crippen LogP) is 6.24. The number of carbonyl (C=O) groups excluding carboxylic acids is 1. The van der Waals surface area contributed by atoms with Crippen LogP contribution >= 0.6 is 34.5 Å². The third-order valence-corrected chi connectivity index (χ3v) is 8.32. The van der Waals surface area contributed by atoms with E-state index in [4.69, 9.17) is 32.7 Å². The minimum Gasteiger partial charge on any atom is -0.497 e. The van der Waals surface area contributed by atoms with E-state index in [9.17, 15) is 30.1 Å². The number of halogens is 2. The average molecular weight is 604 g/mol. The Labute approximate surface area is 240 Å². The second kappa shape index (κ2) is 11.2. The zero-order chi connectivity index (χ0) is 28.6. The number of nitro groups is 2. The fraction of sp³-hybridized carbons (Fsp3) is 0.240. The van der Waals surface area contributed by atoms with Gasteiger partial charge in [0.2, 0.25) is 5.91 Å². The Kier molecular flexibility index (Phi) is 7.70. The van der Waals surface area contributed by atoms with Crippen molar-refractivity contribution in [1.29, 1.82) is 0 Å². The van der Waals surface area contributed by atoms with E-state index in [-0.39, 0.29) is 23.8 Å². The van der Waals surface area contributed by atoms with Crippen LogP contribution in [0, 0.1) is 20.2 Å². The molecule has 206 valence electrons. The van der Waals surface area contributed by atoms with E-state index < -0.39 is 27.0 Å². The molecule has 0 aliphatic carbocycles. The highest BCUT2D eigenvalue weighted by atomic mass is 35.5. The van der Waals surface area contributed by atoms with Gasteiger partial charge in [-0.15, -0.1) is 11.3 Å². The van der Waals surface area contributed by atoms with Crippen molar-refractivity contribution in [3.8, 4) is 28.5 Å². The van der Waals surface area contributed by atoms with Crippen molar-refractivity contribution >= 4 is 51.8 Å². The van der Waals surface area contributed by atoms with Crippen LogP contribution in [0.1, 0.15) is 29.3 Å². The maximum absolute atomic E-state index is 12.9. The van der Waals surface area contributed by atoms with Crippen LogP contribution in [0.3, 0.4) is 0 Å². The van der Waals surface area contributed by atoms with E-state index in [1.165, 1.54) is 11.3 Å². The molecule has 1 saturated heterocycles. The molecule has 4 aromatic rings. The van der Waals surface area contributed by atoms with Gasteiger partial charge in [0.05, 0.1) is 31.3 Å². The zero-order valence-electron chi connectivity index (χ0n) is 20.5. The number of phenols is 1. The third kappa shape index (κ3) is 5.62. The SMILES string of the molecule is O=C(Cc1cc([N+](=O)[O-])c(O)c([N+](=O)[O-])c1)N1CCC(c2nc(-c3cc(-c4ccc(Cl)c(Cl)c4)no3)cs2)CC1. The fourth-order valence-corrected chi connectivity index (χ4v) is 5.76. The van der Waals surface area contributed by atoms with Gasteiger partial charge in [0.15, 0.2) is 5.76 Å². The molecule has 40 heavy (non-hydrogen) atoms. The molecule has 3 heterocycles. The number of carbonyl (C=O) groups is 1. The molecule has 15 heteroatoms. The molecule has 1 N–H and O–H groups in total. The van der Waals surface area contributed by atoms with Crippen molar-refractivity contribution in [1.82, 2.24) is 15.0 Å². The molecule has 5 rings (SSSR count). The number of aromatic nitrogens is 2. The van der Waals surface area contributed by atoms with Gasteiger partial charge in [-0.2, -0.15) is 0 Å². The number of piperidine rings is 1. The van der Waals surface area contributed by atoms with Crippen LogP contribution in [-0.4, -0.2) is 49.0 Å². The van der Waals surface area contributed by atoms with E-state index in [1.54, 1.807) is 29.2 Å². The first-order chi connectivity index (χ1) is 19.1. The minimum absolute atomic E-state index is 0.0835. The first-order valence-corrected chi connectivity index (χ1v) is 13.5. The average Bonchev–Trinajstić information content (AvgIpc) is 3.61. The Morgan fingerprint density at radius 1 is 1.05 bits per heavy atom. The molecule has 1 aliphatic rings. The van der Waals surface area contributed by atoms with Crippen LogP contribution in [0.2, 0.25) is 10.0 Å². The number of nitro benzene ring substituents is 2. The number of aromatic hydroxyl groups is 1. The zero-order valence-corrected chi connectivity index (χ0v) is 22.8. The van der Waals surface area contributed by atoms with Gasteiger partial charge in [0.1, 0.15) is 11.4 Å². The van der Waals surface area contributed by atoms with Gasteiger partial charge in [0, 0.05) is 48.2 Å². The molecular formula is C25H19Cl2N5O7S. The summed E-state index contributed by atoms with van der Waals surface area (Å²) in [7, 11) is 0. The molecular weight excluding hydrogens is 585 g/mol. The highest BCUT2D eigenvalue weighted by molar-refractivity contribution is 7.10. The summed E-state index contributed by atoms with van der Waals surface area (Å²) in [6, 6.07) is 8.93. The number of likely N-dealkylation sites (tertiary alicyclic amines) is 1. The number of benzene rings is 2. The molecule has 2 aromatic carbocycles. The molecule has 12 nitrogen and oxygen atoms in total. The number of nitrogens with zero attached hydrogens (tertiary/aromatic N) is 5. The van der Waals surface area contributed by atoms with E-state index >= 15 is 0 Å². The van der Waals surface area contributed by atoms with Crippen molar-refractivity contribution < 1.29 is 24.3 Å². The number of hydrogen-bond donors (Lipinski definition) is 1. The monoisotopic (exact) mass is 603 g/mol. The molecule has 1 aliphatic heterocycles. The molecule has 0 saturated carbocycles. The van der Waals surface area contributed by atoms with Gasteiger partial charge < -0.3 is 14.5 Å². The largest absolute Gasteiger partial charge is 0.497 e. The second-order valence-corrected chi connectivity index (χ2v) is 10.8. The molecule has 0 bridgehead atoms. The van der Waals surface area contributed by atoms with Crippen molar-refractivity contribution in [2.75, 3.05) is 13.1 Å². The quantitative estimate of drug-likeness (QED) is 0.190. The van der Waals surface area contributed by atoms with Crippen molar-refractivity contribution in [3.05, 3.63) is 82.6 Å². The predicted molar refractivity (Wildman–Crippen MR) is 147 cm³/mol. The van der Waals surface area contributed by atoms with Gasteiger partial charge in [-0.05, 0) is 30.5 Å². The molecule has 0 radical (unpaired) electrons. The van der Waals surface area contributed by atoms with Crippen LogP contribution in [0.5, 0.6) is 5.75 Å². The fourth-order valence-electron chi connectivity index (χ4n) is 4.48. The number of thiazole rings is 1. The van der Waals surface area contributed by atoms with Gasteiger partial charge in [0.25, 0.3) is 5.75 Å². The standard InChI is InChI=1S/C25H19Cl2N5O7S/c26-16-2-1-15(10-17(16)27)18-11-22(39-29-18)19-12-40-25(28-19)14-3-5-30(6-4-14)23(33)9-13-7-20(31(35)36)24(34)21(8-13)32(37)38/h1-2,7-8,10-12,14,34H,3-6,9H2. The van der Waals surface area contributed by atoms with Gasteiger partial charge in [-0.3, -0.25) is 25.0 Å². The summed E-state index contributed by atoms with van der Waals surface area (Å²) in [4.78, 5) is 39.8. The highest BCUT2D eigenvalue weighted by Gasteiger charge is 2.29. The summed E-state index contributed by atoms with van der Waals surface area (Å²) in [5.41, 5.74) is 0.456. The lowest BCUT2D eigenvalue weighted by atomic mass is 9.97. The third-order valence-electron chi connectivity index (χ3n) is 6.58. The molecule has 2 aromatic heterocycles. The van der Waals surface area contributed by atoms with Crippen LogP contribution in [0.25, 0.3) is 22.7 Å². The molecule has 0 unspecified atom stereocenters. The summed E-state index contributed by atoms with van der Waals surface area (Å²) >= 11 is 13.6. The van der Waals surface area contributed by atoms with Gasteiger partial charge in [-0.1, -0.05) is 34.4 Å². The van der Waals surface area contributed by atoms with Gasteiger partial charge >= 0.3 is 11.4 Å². The first-order valence-electron chi connectivity index (χ1n) is 11.9. The second-order valence-electron chi connectivity index (χ2n) is 9.11. The first kappa shape index (κ1) is 27.5. The van der Waals surface area contributed by atoms with E-state index in [0.717, 1.165) is 22.7 Å². The Morgan fingerprint density at radius 3 is 2.35 bits per heavy atom. The summed E-state index contributed by atoms with van der Waals surface area (Å²) in [6.45, 7) is 0.870. The van der Waals surface area contributed by atoms with E-state index in [0.29, 0.717) is 53.1 Å². The lowest BCUT2D eigenvalue weighted by Crippen LogP contribution is -2.38. The number of hydrogen-bond acceptors (Lipinski definition) is 10. The summed E-state index contributed by atoms with van der Waals surface area (Å²) < 4.78 is 5.50. The Hall–Kier alpha value is -4.07. The number of amides is 1. The Bertz CT molecular complexity index is 1600. The summed E-state index contributed by atoms with van der Waals surface area (Å²) in [5.74, 6) is -0.723. The Morgan fingerprint density at radius 2 is 1.73 bits per heavy atom. The molecule has 1 amide bonds. The van der Waals surface area contributed by atoms with Crippen molar-refractivity contribution in [3.63, 3.8) is 0 Å². The molecule has 1 fully saturated rings. The highest BCUT2D eigenvalue weighted by Crippen LogP contribution is 2.38. The maximum atomic E-state index is 12.9. The maximum Gasteiger partial charge on any atom is 0.318 e. The van der Waals surface area contributed by atoms with Crippen molar-refractivity contribution in [2.24, 2.45) is 0 Å². The van der Waals surface area contributed by atoms with Gasteiger partial charge in [-0.25, -0.2) is 4.98 Å². The number of phenolic OH excluding ortho intramolecular Hbond substituents is 1. The molecule has 0 spiro atoms. The topological polar surface area (TPSA) is 166 Å². The normalized spacial score (nSPS) is 13.9. The minimum atomic E-state index is -1.04. The van der Waals surface area contributed by atoms with E-state index in [2.05, 4.69) is 5.16 Å². The summed E-state index contributed by atoms with van der Waals surface area (Å²) in [6.07, 6.45) is 1.04. The Balaban J connectivity index is 1.22. The lowest BCUT2D eigenvalue weighted by molar-refractivity contribution is -0.396. The van der Waals surface area contributed by atoms with E-state index in [1.807, 2.05) is 5.38 Å². The smallest absolute Gasteiger partial charge is 0.318 e. The van der Waals surface area contributed by atoms with Crippen molar-refractivity contribution in [2.45, 2.75) is 25.2 Å².